The van der Waals surface area contributed by atoms with Crippen LogP contribution < -0.4 is 10.2 Å². The largest absolute Gasteiger partial charge is 0.326 e. The molecule has 25 heavy (non-hydrogen) atoms. The zero-order valence-electron chi connectivity index (χ0n) is 14.4. The minimum Gasteiger partial charge on any atom is -0.326 e. The molecule has 2 aromatic rings. The average Bonchev–Trinajstić information content (AvgIpc) is 3.41. The van der Waals surface area contributed by atoms with Crippen molar-refractivity contribution in [3.8, 4) is 0 Å². The number of benzene rings is 2. The quantitative estimate of drug-likeness (QED) is 0.922. The maximum absolute atomic E-state index is 12.7. The highest BCUT2D eigenvalue weighted by Crippen LogP contribution is 2.37. The second-order valence-corrected chi connectivity index (χ2v) is 7.03. The molecule has 0 aromatic heterocycles. The van der Waals surface area contributed by atoms with E-state index < -0.39 is 0 Å². The number of anilines is 2. The molecule has 2 aliphatic rings. The molecule has 1 heterocycles. The first kappa shape index (κ1) is 15.9. The van der Waals surface area contributed by atoms with Crippen molar-refractivity contribution in [2.24, 2.45) is 11.8 Å². The Labute approximate surface area is 147 Å². The van der Waals surface area contributed by atoms with Crippen LogP contribution in [0.4, 0.5) is 11.4 Å². The van der Waals surface area contributed by atoms with Gasteiger partial charge in [-0.05, 0) is 61.1 Å². The average molecular weight is 334 g/mol. The third-order valence-electron chi connectivity index (χ3n) is 5.25. The molecule has 0 radical (unpaired) electrons. The standard InChI is InChI=1S/C21H22N2O2/c1-14(15-7-8-15)20(24)22-18-9-10-19-17(13-18)11-12-23(19)21(25)16-5-3-2-4-6-16/h2-6,9-10,13-15H,7-8,11-12H2,1H3,(H,22,24). The third-order valence-corrected chi connectivity index (χ3v) is 5.25. The number of hydrogen-bond acceptors (Lipinski definition) is 2. The van der Waals surface area contributed by atoms with E-state index >= 15 is 0 Å². The van der Waals surface area contributed by atoms with Crippen molar-refractivity contribution in [3.05, 3.63) is 59.7 Å². The summed E-state index contributed by atoms with van der Waals surface area (Å²) in [5.74, 6) is 0.744. The first-order valence-electron chi connectivity index (χ1n) is 8.94. The maximum atomic E-state index is 12.7. The van der Waals surface area contributed by atoms with Crippen LogP contribution >= 0.6 is 0 Å². The summed E-state index contributed by atoms with van der Waals surface area (Å²) in [7, 11) is 0. The fourth-order valence-corrected chi connectivity index (χ4v) is 3.49. The van der Waals surface area contributed by atoms with Gasteiger partial charge in [0.25, 0.3) is 5.91 Å². The summed E-state index contributed by atoms with van der Waals surface area (Å²) < 4.78 is 0. The molecule has 4 heteroatoms. The Morgan fingerprint density at radius 3 is 2.60 bits per heavy atom. The number of carbonyl (C=O) groups is 2. The Morgan fingerprint density at radius 2 is 1.88 bits per heavy atom. The van der Waals surface area contributed by atoms with Crippen LogP contribution in [-0.2, 0) is 11.2 Å². The van der Waals surface area contributed by atoms with Crippen LogP contribution in [0.25, 0.3) is 0 Å². The van der Waals surface area contributed by atoms with Crippen molar-refractivity contribution in [1.82, 2.24) is 0 Å². The molecule has 0 bridgehead atoms. The number of carbonyl (C=O) groups excluding carboxylic acids is 2. The van der Waals surface area contributed by atoms with Crippen LogP contribution in [0.5, 0.6) is 0 Å². The maximum Gasteiger partial charge on any atom is 0.258 e. The zero-order chi connectivity index (χ0) is 17.4. The molecule has 128 valence electrons. The van der Waals surface area contributed by atoms with Gasteiger partial charge in [0.05, 0.1) is 0 Å². The Hall–Kier alpha value is -2.62. The zero-order valence-corrected chi connectivity index (χ0v) is 14.4. The summed E-state index contributed by atoms with van der Waals surface area (Å²) in [6, 6.07) is 15.2. The highest BCUT2D eigenvalue weighted by atomic mass is 16.2. The van der Waals surface area contributed by atoms with Gasteiger partial charge in [-0.25, -0.2) is 0 Å². The fourth-order valence-electron chi connectivity index (χ4n) is 3.49. The van der Waals surface area contributed by atoms with Crippen molar-refractivity contribution in [3.63, 3.8) is 0 Å². The number of rotatable bonds is 4. The normalized spacial score (nSPS) is 17.1. The molecule has 4 nitrogen and oxygen atoms in total. The van der Waals surface area contributed by atoms with Gasteiger partial charge in [0.1, 0.15) is 0 Å². The number of nitrogens with one attached hydrogen (secondary N) is 1. The van der Waals surface area contributed by atoms with Gasteiger partial charge < -0.3 is 10.2 Å². The van der Waals surface area contributed by atoms with Crippen LogP contribution in [0, 0.1) is 11.8 Å². The Morgan fingerprint density at radius 1 is 1.12 bits per heavy atom. The fraction of sp³-hybridized carbons (Fsp3) is 0.333. The number of nitrogens with zero attached hydrogens (tertiary/aromatic N) is 1. The molecule has 0 saturated heterocycles. The van der Waals surface area contributed by atoms with E-state index in [-0.39, 0.29) is 17.7 Å². The lowest BCUT2D eigenvalue weighted by Crippen LogP contribution is -2.28. The summed E-state index contributed by atoms with van der Waals surface area (Å²) in [5.41, 5.74) is 3.58. The molecule has 1 N–H and O–H groups in total. The topological polar surface area (TPSA) is 49.4 Å². The lowest BCUT2D eigenvalue weighted by molar-refractivity contribution is -0.119. The lowest BCUT2D eigenvalue weighted by Gasteiger charge is -2.18. The molecule has 2 amide bonds. The second-order valence-electron chi connectivity index (χ2n) is 7.03. The van der Waals surface area contributed by atoms with Crippen molar-refractivity contribution in [2.45, 2.75) is 26.2 Å². The number of fused-ring (bicyclic) bond motifs is 1. The van der Waals surface area contributed by atoms with E-state index in [2.05, 4.69) is 5.32 Å². The van der Waals surface area contributed by atoms with Crippen molar-refractivity contribution < 1.29 is 9.59 Å². The van der Waals surface area contributed by atoms with Crippen molar-refractivity contribution in [2.75, 3.05) is 16.8 Å². The Bertz CT molecular complexity index is 812. The summed E-state index contributed by atoms with van der Waals surface area (Å²) in [6.07, 6.45) is 3.14. The van der Waals surface area contributed by atoms with Crippen LogP contribution in [0.3, 0.4) is 0 Å². The van der Waals surface area contributed by atoms with Crippen LogP contribution in [0.2, 0.25) is 0 Å². The minimum absolute atomic E-state index is 0.0264. The lowest BCUT2D eigenvalue weighted by atomic mass is 10.1. The Balaban J connectivity index is 1.50. The molecule has 2 aromatic carbocycles. The van der Waals surface area contributed by atoms with E-state index in [1.54, 1.807) is 0 Å². The summed E-state index contributed by atoms with van der Waals surface area (Å²) >= 11 is 0. The van der Waals surface area contributed by atoms with E-state index in [1.807, 2.05) is 60.4 Å². The van der Waals surface area contributed by atoms with Crippen LogP contribution in [0.1, 0.15) is 35.7 Å². The van der Waals surface area contributed by atoms with Gasteiger partial charge in [-0.2, -0.15) is 0 Å². The highest BCUT2D eigenvalue weighted by Gasteiger charge is 2.33. The van der Waals surface area contributed by atoms with Gasteiger partial charge in [-0.3, -0.25) is 9.59 Å². The first-order chi connectivity index (χ1) is 12.1. The predicted molar refractivity (Wildman–Crippen MR) is 98.8 cm³/mol. The molecule has 4 rings (SSSR count). The van der Waals surface area contributed by atoms with Crippen molar-refractivity contribution >= 4 is 23.2 Å². The van der Waals surface area contributed by atoms with Gasteiger partial charge in [0.15, 0.2) is 0 Å². The van der Waals surface area contributed by atoms with Gasteiger partial charge in [0.2, 0.25) is 5.91 Å². The van der Waals surface area contributed by atoms with E-state index in [0.717, 1.165) is 36.2 Å². The van der Waals surface area contributed by atoms with E-state index in [4.69, 9.17) is 0 Å². The second kappa shape index (κ2) is 6.36. The Kier molecular flexibility index (Phi) is 4.04. The van der Waals surface area contributed by atoms with E-state index in [1.165, 1.54) is 0 Å². The van der Waals surface area contributed by atoms with E-state index in [9.17, 15) is 9.59 Å². The van der Waals surface area contributed by atoms with Crippen LogP contribution in [-0.4, -0.2) is 18.4 Å². The number of hydrogen-bond donors (Lipinski definition) is 1. The molecule has 1 unspecified atom stereocenters. The molecule has 1 aliphatic heterocycles. The highest BCUT2D eigenvalue weighted by molar-refractivity contribution is 6.07. The molecular formula is C21H22N2O2. The van der Waals surface area contributed by atoms with Gasteiger partial charge in [0, 0.05) is 29.4 Å². The number of amides is 2. The molecule has 1 saturated carbocycles. The smallest absolute Gasteiger partial charge is 0.258 e. The molecule has 1 atom stereocenters. The van der Waals surface area contributed by atoms with Gasteiger partial charge in [-0.1, -0.05) is 25.1 Å². The molecule has 1 fully saturated rings. The summed E-state index contributed by atoms with van der Waals surface area (Å²) in [5, 5.41) is 3.03. The predicted octanol–water partition coefficient (Wildman–Crippen LogP) is 3.87. The van der Waals surface area contributed by atoms with Crippen LogP contribution in [0.15, 0.2) is 48.5 Å². The summed E-state index contributed by atoms with van der Waals surface area (Å²) in [6.45, 7) is 2.68. The third kappa shape index (κ3) is 3.16. The molecular weight excluding hydrogens is 312 g/mol. The minimum atomic E-state index is 0.0264. The van der Waals surface area contributed by atoms with E-state index in [0.29, 0.717) is 18.0 Å². The van der Waals surface area contributed by atoms with Gasteiger partial charge >= 0.3 is 0 Å². The van der Waals surface area contributed by atoms with Gasteiger partial charge in [-0.15, -0.1) is 0 Å². The SMILES string of the molecule is CC(C(=O)Nc1ccc2c(c1)CCN2C(=O)c1ccccc1)C1CC1. The first-order valence-corrected chi connectivity index (χ1v) is 8.94. The monoisotopic (exact) mass is 334 g/mol. The molecule has 0 spiro atoms. The molecule has 1 aliphatic carbocycles. The summed E-state index contributed by atoms with van der Waals surface area (Å²) in [4.78, 5) is 26.8. The van der Waals surface area contributed by atoms with Crippen molar-refractivity contribution in [1.29, 1.82) is 0 Å².